The second-order valence-electron chi connectivity index (χ2n) is 2.72. The van der Waals surface area contributed by atoms with E-state index in [0.717, 1.165) is 12.1 Å². The van der Waals surface area contributed by atoms with E-state index in [1.807, 2.05) is 0 Å². The molecule has 0 aliphatic rings. The summed E-state index contributed by atoms with van der Waals surface area (Å²) in [7, 11) is 0. The molecule has 78 valence electrons. The molecule has 0 unspecified atom stereocenters. The molecule has 0 radical (unpaired) electrons. The average Bonchev–Trinajstić information content (AvgIpc) is 2.06. The van der Waals surface area contributed by atoms with Gasteiger partial charge in [0.1, 0.15) is 11.8 Å². The van der Waals surface area contributed by atoms with Crippen LogP contribution < -0.4 is 5.73 Å². The van der Waals surface area contributed by atoms with E-state index in [9.17, 15) is 13.2 Å². The highest BCUT2D eigenvalue weighted by Gasteiger charge is 2.39. The SMILES string of the molecule is N[C@H](c1cc(Br)ccc1O)C(F)(F)F. The van der Waals surface area contributed by atoms with Crippen molar-refractivity contribution in [3.8, 4) is 5.75 Å². The van der Waals surface area contributed by atoms with Crippen LogP contribution in [0.3, 0.4) is 0 Å². The third-order valence-corrected chi connectivity index (χ3v) is 2.17. The molecular weight excluding hydrogens is 263 g/mol. The van der Waals surface area contributed by atoms with Crippen LogP contribution >= 0.6 is 15.9 Å². The first-order valence-electron chi connectivity index (χ1n) is 3.63. The molecule has 0 saturated heterocycles. The predicted molar refractivity (Wildman–Crippen MR) is 48.8 cm³/mol. The Kier molecular flexibility index (Phi) is 3.06. The molecule has 0 aliphatic carbocycles. The van der Waals surface area contributed by atoms with Gasteiger partial charge in [0.05, 0.1) is 0 Å². The predicted octanol–water partition coefficient (Wildman–Crippen LogP) is 2.72. The molecule has 2 nitrogen and oxygen atoms in total. The summed E-state index contributed by atoms with van der Waals surface area (Å²) in [6.45, 7) is 0. The lowest BCUT2D eigenvalue weighted by Crippen LogP contribution is -2.28. The summed E-state index contributed by atoms with van der Waals surface area (Å²) in [5.41, 5.74) is 4.60. The molecule has 14 heavy (non-hydrogen) atoms. The molecule has 0 bridgehead atoms. The van der Waals surface area contributed by atoms with Crippen LogP contribution in [0.4, 0.5) is 13.2 Å². The highest BCUT2D eigenvalue weighted by molar-refractivity contribution is 9.10. The first kappa shape index (κ1) is 11.3. The normalized spacial score (nSPS) is 14.1. The van der Waals surface area contributed by atoms with Crippen LogP contribution in [0.15, 0.2) is 22.7 Å². The second kappa shape index (κ2) is 3.78. The molecule has 1 rings (SSSR count). The molecule has 3 N–H and O–H groups in total. The van der Waals surface area contributed by atoms with Crippen molar-refractivity contribution in [1.82, 2.24) is 0 Å². The van der Waals surface area contributed by atoms with Crippen molar-refractivity contribution in [2.75, 3.05) is 0 Å². The van der Waals surface area contributed by atoms with Crippen LogP contribution in [0.1, 0.15) is 11.6 Å². The lowest BCUT2D eigenvalue weighted by atomic mass is 10.1. The van der Waals surface area contributed by atoms with Crippen LogP contribution in [-0.4, -0.2) is 11.3 Å². The van der Waals surface area contributed by atoms with Crippen molar-refractivity contribution in [3.05, 3.63) is 28.2 Å². The Hall–Kier alpha value is -0.750. The quantitative estimate of drug-likeness (QED) is 0.824. The van der Waals surface area contributed by atoms with Gasteiger partial charge in [-0.1, -0.05) is 15.9 Å². The molecule has 0 aliphatic heterocycles. The summed E-state index contributed by atoms with van der Waals surface area (Å²) in [6.07, 6.45) is -4.56. The number of nitrogens with two attached hydrogens (primary N) is 1. The fraction of sp³-hybridized carbons (Fsp3) is 0.250. The third-order valence-electron chi connectivity index (χ3n) is 1.68. The number of hydrogen-bond donors (Lipinski definition) is 2. The number of phenolic OH excluding ortho intramolecular Hbond substituents is 1. The molecule has 0 saturated carbocycles. The van der Waals surface area contributed by atoms with Crippen LogP contribution in [0, 0.1) is 0 Å². The zero-order chi connectivity index (χ0) is 10.9. The summed E-state index contributed by atoms with van der Waals surface area (Å²) in [6, 6.07) is 1.57. The summed E-state index contributed by atoms with van der Waals surface area (Å²) >= 11 is 3.00. The van der Waals surface area contributed by atoms with Gasteiger partial charge in [0.25, 0.3) is 0 Å². The average molecular weight is 270 g/mol. The maximum Gasteiger partial charge on any atom is 0.407 e. The Morgan fingerprint density at radius 1 is 1.36 bits per heavy atom. The fourth-order valence-corrected chi connectivity index (χ4v) is 1.33. The number of rotatable bonds is 1. The summed E-state index contributed by atoms with van der Waals surface area (Å²) < 4.78 is 37.0. The molecule has 6 heteroatoms. The minimum atomic E-state index is -4.56. The maximum absolute atomic E-state index is 12.2. The van der Waals surface area contributed by atoms with E-state index in [1.54, 1.807) is 0 Å². The van der Waals surface area contributed by atoms with E-state index in [-0.39, 0.29) is 5.56 Å². The second-order valence-corrected chi connectivity index (χ2v) is 3.64. The summed E-state index contributed by atoms with van der Waals surface area (Å²) in [4.78, 5) is 0. The number of hydrogen-bond acceptors (Lipinski definition) is 2. The Morgan fingerprint density at radius 3 is 2.43 bits per heavy atom. The van der Waals surface area contributed by atoms with Gasteiger partial charge < -0.3 is 10.8 Å². The lowest BCUT2D eigenvalue weighted by molar-refractivity contribution is -0.149. The summed E-state index contributed by atoms with van der Waals surface area (Å²) in [5.74, 6) is -0.460. The standard InChI is InChI=1S/C8H7BrF3NO/c9-4-1-2-6(14)5(3-4)7(13)8(10,11)12/h1-3,7,14H,13H2/t7-/m1/s1. The van der Waals surface area contributed by atoms with E-state index < -0.39 is 18.0 Å². The topological polar surface area (TPSA) is 46.2 Å². The number of halogens is 4. The zero-order valence-electron chi connectivity index (χ0n) is 6.85. The van der Waals surface area contributed by atoms with Gasteiger partial charge in [-0.05, 0) is 18.2 Å². The number of aromatic hydroxyl groups is 1. The first-order chi connectivity index (χ1) is 6.32. The van der Waals surface area contributed by atoms with Crippen molar-refractivity contribution in [3.63, 3.8) is 0 Å². The molecule has 0 heterocycles. The van der Waals surface area contributed by atoms with Gasteiger partial charge in [-0.15, -0.1) is 0 Å². The molecule has 1 atom stereocenters. The Morgan fingerprint density at radius 2 is 1.93 bits per heavy atom. The highest BCUT2D eigenvalue weighted by Crippen LogP contribution is 2.36. The molecule has 0 amide bonds. The molecule has 1 aromatic rings. The van der Waals surface area contributed by atoms with Gasteiger partial charge in [0.2, 0.25) is 0 Å². The van der Waals surface area contributed by atoms with E-state index in [4.69, 9.17) is 10.8 Å². The van der Waals surface area contributed by atoms with Crippen molar-refractivity contribution in [2.45, 2.75) is 12.2 Å². The summed E-state index contributed by atoms with van der Waals surface area (Å²) in [5, 5.41) is 9.17. The van der Waals surface area contributed by atoms with Gasteiger partial charge in [-0.2, -0.15) is 13.2 Å². The Balaban J connectivity index is 3.12. The molecular formula is C8H7BrF3NO. The zero-order valence-corrected chi connectivity index (χ0v) is 8.43. The van der Waals surface area contributed by atoms with Crippen LogP contribution in [0.5, 0.6) is 5.75 Å². The van der Waals surface area contributed by atoms with Crippen LogP contribution in [-0.2, 0) is 0 Å². The largest absolute Gasteiger partial charge is 0.508 e. The van der Waals surface area contributed by atoms with Crippen molar-refractivity contribution >= 4 is 15.9 Å². The van der Waals surface area contributed by atoms with Crippen molar-refractivity contribution in [1.29, 1.82) is 0 Å². The highest BCUT2D eigenvalue weighted by atomic mass is 79.9. The van der Waals surface area contributed by atoms with E-state index >= 15 is 0 Å². The lowest BCUT2D eigenvalue weighted by Gasteiger charge is -2.17. The Labute approximate surface area is 86.7 Å². The minimum Gasteiger partial charge on any atom is -0.508 e. The molecule has 1 aromatic carbocycles. The van der Waals surface area contributed by atoms with Gasteiger partial charge in [0.15, 0.2) is 0 Å². The molecule has 0 aromatic heterocycles. The van der Waals surface area contributed by atoms with Gasteiger partial charge in [0, 0.05) is 10.0 Å². The first-order valence-corrected chi connectivity index (χ1v) is 4.42. The van der Waals surface area contributed by atoms with E-state index in [0.29, 0.717) is 4.47 Å². The van der Waals surface area contributed by atoms with Crippen molar-refractivity contribution in [2.24, 2.45) is 5.73 Å². The fourth-order valence-electron chi connectivity index (χ4n) is 0.951. The van der Waals surface area contributed by atoms with Gasteiger partial charge >= 0.3 is 6.18 Å². The maximum atomic E-state index is 12.2. The van der Waals surface area contributed by atoms with Gasteiger partial charge in [-0.3, -0.25) is 0 Å². The van der Waals surface area contributed by atoms with Crippen LogP contribution in [0.2, 0.25) is 0 Å². The van der Waals surface area contributed by atoms with E-state index in [2.05, 4.69) is 15.9 Å². The monoisotopic (exact) mass is 269 g/mol. The van der Waals surface area contributed by atoms with Gasteiger partial charge in [-0.25, -0.2) is 0 Å². The number of phenols is 1. The molecule has 0 spiro atoms. The van der Waals surface area contributed by atoms with Crippen molar-refractivity contribution < 1.29 is 18.3 Å². The minimum absolute atomic E-state index is 0.341. The van der Waals surface area contributed by atoms with Crippen LogP contribution in [0.25, 0.3) is 0 Å². The number of benzene rings is 1. The Bertz CT molecular complexity index is 340. The molecule has 0 fully saturated rings. The number of alkyl halides is 3. The van der Waals surface area contributed by atoms with E-state index in [1.165, 1.54) is 6.07 Å². The third kappa shape index (κ3) is 2.39. The smallest absolute Gasteiger partial charge is 0.407 e.